The number of hydrogen-bond donors (Lipinski definition) is 2. The van der Waals surface area contributed by atoms with Crippen LogP contribution in [0.1, 0.15) is 5.56 Å². The Hall–Kier alpha value is -2.77. The molecule has 19 heavy (non-hydrogen) atoms. The predicted octanol–water partition coefficient (Wildman–Crippen LogP) is 2.16. The smallest absolute Gasteiger partial charge is 0.353 e. The first-order valence-corrected chi connectivity index (χ1v) is 5.26. The number of nitrogens with one attached hydrogen (secondary N) is 1. The summed E-state index contributed by atoms with van der Waals surface area (Å²) >= 11 is 0. The van der Waals surface area contributed by atoms with Gasteiger partial charge in [0.05, 0.1) is 4.92 Å². The van der Waals surface area contributed by atoms with Crippen LogP contribution in [0.25, 0.3) is 0 Å². The van der Waals surface area contributed by atoms with Crippen LogP contribution in [0.2, 0.25) is 0 Å². The van der Waals surface area contributed by atoms with Gasteiger partial charge in [-0.05, 0) is 30.7 Å². The molecule has 0 saturated heterocycles. The second kappa shape index (κ2) is 4.84. The van der Waals surface area contributed by atoms with E-state index in [1.165, 1.54) is 12.1 Å². The van der Waals surface area contributed by atoms with Crippen molar-refractivity contribution in [2.75, 3.05) is 11.1 Å². The van der Waals surface area contributed by atoms with E-state index in [4.69, 9.17) is 5.73 Å². The fourth-order valence-electron chi connectivity index (χ4n) is 1.61. The second-order valence-corrected chi connectivity index (χ2v) is 3.86. The molecular weight excluding hydrogens is 253 g/mol. The molecule has 0 amide bonds. The minimum atomic E-state index is -0.691. The van der Waals surface area contributed by atoms with E-state index in [-0.39, 0.29) is 11.6 Å². The summed E-state index contributed by atoms with van der Waals surface area (Å²) in [6, 6.07) is 4.17. The molecule has 1 aromatic heterocycles. The highest BCUT2D eigenvalue weighted by Gasteiger charge is 2.21. The maximum absolute atomic E-state index is 13.2. The van der Waals surface area contributed by atoms with Gasteiger partial charge in [0.25, 0.3) is 0 Å². The number of halogens is 1. The Bertz CT molecular complexity index is 627. The molecule has 0 fully saturated rings. The number of aromatic nitrogens is 2. The van der Waals surface area contributed by atoms with Crippen LogP contribution >= 0.6 is 0 Å². The summed E-state index contributed by atoms with van der Waals surface area (Å²) < 4.78 is 13.2. The normalized spacial score (nSPS) is 10.2. The van der Waals surface area contributed by atoms with Gasteiger partial charge in [-0.3, -0.25) is 10.1 Å². The monoisotopic (exact) mass is 263 g/mol. The van der Waals surface area contributed by atoms with Gasteiger partial charge in [-0.25, -0.2) is 14.4 Å². The van der Waals surface area contributed by atoms with Gasteiger partial charge in [-0.15, -0.1) is 0 Å². The largest absolute Gasteiger partial charge is 0.378 e. The maximum atomic E-state index is 13.2. The van der Waals surface area contributed by atoms with Crippen molar-refractivity contribution in [3.8, 4) is 0 Å². The number of nitrogens with zero attached hydrogens (tertiary/aromatic N) is 3. The van der Waals surface area contributed by atoms with E-state index in [1.54, 1.807) is 13.0 Å². The van der Waals surface area contributed by atoms with E-state index < -0.39 is 16.4 Å². The van der Waals surface area contributed by atoms with E-state index in [2.05, 4.69) is 15.3 Å². The minimum absolute atomic E-state index is 0.0810. The number of nitro groups is 1. The standard InChI is InChI=1S/C11H10FN5O2/c1-6-2-7(12)4-8(3-6)16-11-9(17(18)19)10(13)14-5-15-11/h2-5H,1H3,(H3,13,14,15,16). The van der Waals surface area contributed by atoms with Crippen LogP contribution in [0.5, 0.6) is 0 Å². The third-order valence-electron chi connectivity index (χ3n) is 2.34. The number of hydrogen-bond acceptors (Lipinski definition) is 6. The Morgan fingerprint density at radius 1 is 1.37 bits per heavy atom. The molecule has 0 aliphatic carbocycles. The topological polar surface area (TPSA) is 107 Å². The molecule has 0 aliphatic rings. The Kier molecular flexibility index (Phi) is 3.23. The molecule has 7 nitrogen and oxygen atoms in total. The zero-order valence-electron chi connectivity index (χ0n) is 9.92. The van der Waals surface area contributed by atoms with Gasteiger partial charge in [-0.1, -0.05) is 0 Å². The van der Waals surface area contributed by atoms with Gasteiger partial charge < -0.3 is 11.1 Å². The lowest BCUT2D eigenvalue weighted by Crippen LogP contribution is -2.05. The molecular formula is C11H10FN5O2. The van der Waals surface area contributed by atoms with Crippen LogP contribution in [0, 0.1) is 22.9 Å². The van der Waals surface area contributed by atoms with Gasteiger partial charge in [0.1, 0.15) is 12.1 Å². The molecule has 3 N–H and O–H groups in total. The summed E-state index contributed by atoms with van der Waals surface area (Å²) in [5.41, 5.74) is 6.01. The van der Waals surface area contributed by atoms with Gasteiger partial charge in [-0.2, -0.15) is 0 Å². The van der Waals surface area contributed by atoms with E-state index in [1.807, 2.05) is 0 Å². The lowest BCUT2D eigenvalue weighted by Gasteiger charge is -2.07. The highest BCUT2D eigenvalue weighted by molar-refractivity contribution is 5.72. The van der Waals surface area contributed by atoms with Crippen molar-refractivity contribution in [2.45, 2.75) is 6.92 Å². The van der Waals surface area contributed by atoms with Crippen LogP contribution in [0.3, 0.4) is 0 Å². The molecule has 2 aromatic rings. The molecule has 0 saturated carbocycles. The SMILES string of the molecule is Cc1cc(F)cc(Nc2ncnc(N)c2[N+](=O)[O-])c1. The van der Waals surface area contributed by atoms with E-state index in [9.17, 15) is 14.5 Å². The number of nitrogens with two attached hydrogens (primary N) is 1. The number of nitrogen functional groups attached to an aromatic ring is 1. The first-order valence-electron chi connectivity index (χ1n) is 5.26. The van der Waals surface area contributed by atoms with Crippen LogP contribution in [-0.4, -0.2) is 14.9 Å². The third-order valence-corrected chi connectivity index (χ3v) is 2.34. The summed E-state index contributed by atoms with van der Waals surface area (Å²) in [6.07, 6.45) is 1.09. The van der Waals surface area contributed by atoms with Crippen LogP contribution in [-0.2, 0) is 0 Å². The van der Waals surface area contributed by atoms with Crippen LogP contribution in [0.4, 0.5) is 27.4 Å². The quantitative estimate of drug-likeness (QED) is 0.649. The molecule has 2 rings (SSSR count). The van der Waals surface area contributed by atoms with E-state index >= 15 is 0 Å². The molecule has 0 atom stereocenters. The molecule has 1 aromatic carbocycles. The van der Waals surface area contributed by atoms with Crippen molar-refractivity contribution < 1.29 is 9.31 Å². The van der Waals surface area contributed by atoms with E-state index in [0.29, 0.717) is 11.3 Å². The summed E-state index contributed by atoms with van der Waals surface area (Å²) in [4.78, 5) is 17.5. The summed E-state index contributed by atoms with van der Waals surface area (Å²) in [5, 5.41) is 13.6. The van der Waals surface area contributed by atoms with Crippen molar-refractivity contribution in [3.05, 3.63) is 46.0 Å². The highest BCUT2D eigenvalue weighted by atomic mass is 19.1. The minimum Gasteiger partial charge on any atom is -0.378 e. The summed E-state index contributed by atoms with van der Waals surface area (Å²) in [7, 11) is 0. The molecule has 0 unspecified atom stereocenters. The molecule has 0 radical (unpaired) electrons. The number of anilines is 3. The highest BCUT2D eigenvalue weighted by Crippen LogP contribution is 2.29. The zero-order valence-corrected chi connectivity index (χ0v) is 9.92. The first-order chi connectivity index (χ1) is 8.97. The average molecular weight is 263 g/mol. The summed E-state index contributed by atoms with van der Waals surface area (Å²) in [6.45, 7) is 1.71. The van der Waals surface area contributed by atoms with Crippen molar-refractivity contribution >= 4 is 23.0 Å². The Morgan fingerprint density at radius 3 is 2.74 bits per heavy atom. The van der Waals surface area contributed by atoms with E-state index in [0.717, 1.165) is 6.33 Å². The predicted molar refractivity (Wildman–Crippen MR) is 67.5 cm³/mol. The Balaban J connectivity index is 2.43. The van der Waals surface area contributed by atoms with Crippen LogP contribution in [0.15, 0.2) is 24.5 Å². The molecule has 98 valence electrons. The number of benzene rings is 1. The van der Waals surface area contributed by atoms with Crippen LogP contribution < -0.4 is 11.1 Å². The molecule has 0 bridgehead atoms. The summed E-state index contributed by atoms with van der Waals surface area (Å²) in [5.74, 6) is -0.787. The molecule has 1 heterocycles. The maximum Gasteiger partial charge on any atom is 0.353 e. The van der Waals surface area contributed by atoms with Gasteiger partial charge in [0, 0.05) is 5.69 Å². The average Bonchev–Trinajstić information content (AvgIpc) is 2.26. The Morgan fingerprint density at radius 2 is 2.11 bits per heavy atom. The zero-order chi connectivity index (χ0) is 14.0. The number of rotatable bonds is 3. The fraction of sp³-hybridized carbons (Fsp3) is 0.0909. The second-order valence-electron chi connectivity index (χ2n) is 3.86. The Labute approximate surface area is 107 Å². The van der Waals surface area contributed by atoms with Crippen molar-refractivity contribution in [1.29, 1.82) is 0 Å². The molecule has 8 heteroatoms. The van der Waals surface area contributed by atoms with Crippen molar-refractivity contribution in [3.63, 3.8) is 0 Å². The fourth-order valence-corrected chi connectivity index (χ4v) is 1.61. The van der Waals surface area contributed by atoms with Crippen molar-refractivity contribution in [1.82, 2.24) is 9.97 Å². The molecule has 0 aliphatic heterocycles. The molecule has 0 spiro atoms. The first kappa shape index (κ1) is 12.7. The van der Waals surface area contributed by atoms with Gasteiger partial charge >= 0.3 is 5.69 Å². The van der Waals surface area contributed by atoms with Gasteiger partial charge in [0.15, 0.2) is 0 Å². The third kappa shape index (κ3) is 2.73. The van der Waals surface area contributed by atoms with Crippen molar-refractivity contribution in [2.24, 2.45) is 0 Å². The number of aryl methyl sites for hydroxylation is 1. The van der Waals surface area contributed by atoms with Gasteiger partial charge in [0.2, 0.25) is 11.6 Å². The lowest BCUT2D eigenvalue weighted by molar-refractivity contribution is -0.383. The lowest BCUT2D eigenvalue weighted by atomic mass is 10.2.